The number of fused-ring (bicyclic) bond motifs is 2. The van der Waals surface area contributed by atoms with Gasteiger partial charge in [-0.1, -0.05) is 53.7 Å². The number of ether oxygens (including phenoxy) is 1. The molecule has 0 radical (unpaired) electrons. The maximum atomic E-state index is 13.2. The Balaban J connectivity index is 1.69. The third-order valence-corrected chi connectivity index (χ3v) is 5.40. The van der Waals surface area contributed by atoms with Gasteiger partial charge in [0.05, 0.1) is 18.7 Å². The number of carbonyl (C=O) groups is 1. The van der Waals surface area contributed by atoms with Crippen LogP contribution in [0.1, 0.15) is 22.6 Å². The fourth-order valence-electron chi connectivity index (χ4n) is 4.07. The number of benzene rings is 3. The Morgan fingerprint density at radius 2 is 1.68 bits per heavy atom. The zero-order valence-electron chi connectivity index (χ0n) is 15.3. The zero-order chi connectivity index (χ0) is 19.1. The molecule has 0 fully saturated rings. The van der Waals surface area contributed by atoms with E-state index in [1.165, 1.54) is 0 Å². The number of nitrogens with zero attached hydrogens (tertiary/aromatic N) is 1. The molecule has 0 aromatic heterocycles. The number of methoxy groups -OCH3 is 1. The molecule has 2 aliphatic rings. The van der Waals surface area contributed by atoms with E-state index in [1.807, 2.05) is 78.9 Å². The van der Waals surface area contributed by atoms with E-state index < -0.39 is 5.60 Å². The minimum absolute atomic E-state index is 0.199. The number of nitrogens with one attached hydrogen (secondary N) is 1. The summed E-state index contributed by atoms with van der Waals surface area (Å²) in [5.74, 6) is 0.193. The standard InChI is InChI=1S/C23H18N2O3/c1-27-17-13-11-16(12-14-17)21-20(15-7-3-2-4-8-15)23(28-25-21)18-9-5-6-10-19(18)24-22(23)26/h2-14,20H,1H3,(H,24,26)/t20-,23-/m1/s1. The summed E-state index contributed by atoms with van der Waals surface area (Å²) >= 11 is 0. The van der Waals surface area contributed by atoms with Crippen LogP contribution in [0.25, 0.3) is 0 Å². The van der Waals surface area contributed by atoms with Crippen molar-refractivity contribution < 1.29 is 14.4 Å². The first-order valence-corrected chi connectivity index (χ1v) is 9.10. The number of rotatable bonds is 3. The molecule has 5 nitrogen and oxygen atoms in total. The van der Waals surface area contributed by atoms with Crippen molar-refractivity contribution in [2.45, 2.75) is 11.5 Å². The van der Waals surface area contributed by atoms with Gasteiger partial charge >= 0.3 is 0 Å². The summed E-state index contributed by atoms with van der Waals surface area (Å²) in [5, 5.41) is 7.38. The fraction of sp³-hybridized carbons (Fsp3) is 0.130. The van der Waals surface area contributed by atoms with Crippen molar-refractivity contribution in [2.24, 2.45) is 5.16 Å². The van der Waals surface area contributed by atoms with E-state index in [1.54, 1.807) is 7.11 Å². The summed E-state index contributed by atoms with van der Waals surface area (Å²) in [7, 11) is 1.63. The lowest BCUT2D eigenvalue weighted by atomic mass is 9.74. The second-order valence-corrected chi connectivity index (χ2v) is 6.88. The molecule has 1 amide bonds. The monoisotopic (exact) mass is 370 g/mol. The van der Waals surface area contributed by atoms with Gasteiger partial charge in [-0.3, -0.25) is 4.79 Å². The van der Waals surface area contributed by atoms with Crippen molar-refractivity contribution in [1.82, 2.24) is 0 Å². The van der Waals surface area contributed by atoms with Crippen LogP contribution in [-0.4, -0.2) is 18.7 Å². The van der Waals surface area contributed by atoms with Gasteiger partial charge in [0.25, 0.3) is 11.5 Å². The third-order valence-electron chi connectivity index (χ3n) is 5.40. The number of amides is 1. The highest BCUT2D eigenvalue weighted by atomic mass is 16.7. The summed E-state index contributed by atoms with van der Waals surface area (Å²) in [6.07, 6.45) is 0. The van der Waals surface area contributed by atoms with E-state index in [0.717, 1.165) is 33.8 Å². The number of carbonyl (C=O) groups excluding carboxylic acids is 1. The van der Waals surface area contributed by atoms with Crippen LogP contribution in [0.5, 0.6) is 5.75 Å². The normalized spacial score (nSPS) is 22.4. The highest BCUT2D eigenvalue weighted by Gasteiger charge is 2.61. The number of hydrogen-bond acceptors (Lipinski definition) is 4. The number of hydrogen-bond donors (Lipinski definition) is 1. The van der Waals surface area contributed by atoms with Crippen LogP contribution in [0.3, 0.4) is 0 Å². The Kier molecular flexibility index (Phi) is 3.69. The van der Waals surface area contributed by atoms with Crippen molar-refractivity contribution in [2.75, 3.05) is 12.4 Å². The van der Waals surface area contributed by atoms with Gasteiger partial charge in [0.1, 0.15) is 5.75 Å². The average Bonchev–Trinajstić information content (AvgIpc) is 3.28. The Hall–Kier alpha value is -3.60. The Labute approximate surface area is 162 Å². The molecule has 3 aromatic carbocycles. The van der Waals surface area contributed by atoms with E-state index in [2.05, 4.69) is 10.5 Å². The van der Waals surface area contributed by atoms with Crippen LogP contribution in [0.2, 0.25) is 0 Å². The third kappa shape index (κ3) is 2.26. The van der Waals surface area contributed by atoms with Crippen LogP contribution in [0, 0.1) is 0 Å². The summed E-state index contributed by atoms with van der Waals surface area (Å²) in [5.41, 5.74) is 2.94. The zero-order valence-corrected chi connectivity index (χ0v) is 15.3. The van der Waals surface area contributed by atoms with Gasteiger partial charge in [0.2, 0.25) is 0 Å². The molecule has 3 aromatic rings. The molecule has 2 heterocycles. The van der Waals surface area contributed by atoms with E-state index in [-0.39, 0.29) is 11.8 Å². The Morgan fingerprint density at radius 3 is 2.43 bits per heavy atom. The average molecular weight is 370 g/mol. The largest absolute Gasteiger partial charge is 0.497 e. The van der Waals surface area contributed by atoms with Gasteiger partial charge < -0.3 is 14.9 Å². The predicted molar refractivity (Wildman–Crippen MR) is 107 cm³/mol. The lowest BCUT2D eigenvalue weighted by molar-refractivity contribution is -0.139. The Morgan fingerprint density at radius 1 is 0.964 bits per heavy atom. The molecule has 28 heavy (non-hydrogen) atoms. The Bertz CT molecular complexity index is 1080. The molecule has 2 atom stereocenters. The number of para-hydroxylation sites is 1. The minimum atomic E-state index is -1.22. The van der Waals surface area contributed by atoms with Crippen LogP contribution < -0.4 is 10.1 Å². The van der Waals surface area contributed by atoms with Crippen molar-refractivity contribution in [3.63, 3.8) is 0 Å². The van der Waals surface area contributed by atoms with Crippen molar-refractivity contribution in [3.8, 4) is 5.75 Å². The van der Waals surface area contributed by atoms with Crippen molar-refractivity contribution in [3.05, 3.63) is 95.6 Å². The molecule has 5 rings (SSSR count). The van der Waals surface area contributed by atoms with Gasteiger partial charge in [-0.2, -0.15) is 0 Å². The first kappa shape index (κ1) is 16.6. The van der Waals surface area contributed by atoms with Gasteiger partial charge in [-0.25, -0.2) is 0 Å². The van der Waals surface area contributed by atoms with Crippen LogP contribution in [0.15, 0.2) is 84.0 Å². The van der Waals surface area contributed by atoms with Crippen LogP contribution in [-0.2, 0) is 15.2 Å². The highest BCUT2D eigenvalue weighted by molar-refractivity contribution is 6.15. The lowest BCUT2D eigenvalue weighted by Gasteiger charge is -2.28. The molecule has 5 heteroatoms. The van der Waals surface area contributed by atoms with Crippen LogP contribution >= 0.6 is 0 Å². The molecule has 1 N–H and O–H groups in total. The lowest BCUT2D eigenvalue weighted by Crippen LogP contribution is -2.41. The summed E-state index contributed by atoms with van der Waals surface area (Å²) < 4.78 is 5.26. The molecular formula is C23H18N2O3. The van der Waals surface area contributed by atoms with Crippen molar-refractivity contribution >= 4 is 17.3 Å². The van der Waals surface area contributed by atoms with E-state index in [0.29, 0.717) is 0 Å². The van der Waals surface area contributed by atoms with Gasteiger partial charge in [-0.15, -0.1) is 0 Å². The SMILES string of the molecule is COc1ccc(C2=NO[C@@]3(C(=O)Nc4ccccc43)[C@@H]2c2ccccc2)cc1. The molecule has 0 saturated carbocycles. The predicted octanol–water partition coefficient (Wildman–Crippen LogP) is 4.06. The second kappa shape index (κ2) is 6.23. The number of anilines is 1. The topological polar surface area (TPSA) is 59.9 Å². The second-order valence-electron chi connectivity index (χ2n) is 6.88. The maximum Gasteiger partial charge on any atom is 0.277 e. The molecule has 138 valence electrons. The molecular weight excluding hydrogens is 352 g/mol. The first-order chi connectivity index (χ1) is 13.7. The summed E-state index contributed by atoms with van der Waals surface area (Å²) in [6.45, 7) is 0. The summed E-state index contributed by atoms with van der Waals surface area (Å²) in [6, 6.07) is 25.2. The molecule has 0 saturated heterocycles. The molecule has 1 spiro atoms. The van der Waals surface area contributed by atoms with Crippen LogP contribution in [0.4, 0.5) is 5.69 Å². The first-order valence-electron chi connectivity index (χ1n) is 9.10. The molecule has 0 aliphatic carbocycles. The quantitative estimate of drug-likeness (QED) is 0.756. The van der Waals surface area contributed by atoms with Crippen molar-refractivity contribution in [1.29, 1.82) is 0 Å². The maximum absolute atomic E-state index is 13.2. The number of oxime groups is 1. The minimum Gasteiger partial charge on any atom is -0.497 e. The molecule has 0 bridgehead atoms. The highest BCUT2D eigenvalue weighted by Crippen LogP contribution is 2.52. The smallest absolute Gasteiger partial charge is 0.277 e. The van der Waals surface area contributed by atoms with E-state index in [9.17, 15) is 4.79 Å². The van der Waals surface area contributed by atoms with Gasteiger partial charge in [0, 0.05) is 16.8 Å². The molecule has 2 aliphatic heterocycles. The fourth-order valence-corrected chi connectivity index (χ4v) is 4.07. The van der Waals surface area contributed by atoms with E-state index in [4.69, 9.17) is 9.57 Å². The van der Waals surface area contributed by atoms with E-state index >= 15 is 0 Å². The summed E-state index contributed by atoms with van der Waals surface area (Å²) in [4.78, 5) is 19.2. The van der Waals surface area contributed by atoms with Gasteiger partial charge in [0.15, 0.2) is 0 Å². The molecule has 0 unspecified atom stereocenters. The van der Waals surface area contributed by atoms with Gasteiger partial charge in [-0.05, 0) is 35.9 Å².